The fourth-order valence-electron chi connectivity index (χ4n) is 2.02. The molecule has 2 N–H and O–H groups in total. The van der Waals surface area contributed by atoms with Crippen LogP contribution in [0.25, 0.3) is 0 Å². The molecule has 0 atom stereocenters. The van der Waals surface area contributed by atoms with Crippen molar-refractivity contribution in [2.24, 2.45) is 4.99 Å². The van der Waals surface area contributed by atoms with Crippen LogP contribution in [-0.4, -0.2) is 43.1 Å². The Morgan fingerprint density at radius 2 is 1.93 bits per heavy atom. The van der Waals surface area contributed by atoms with Crippen LogP contribution in [-0.2, 0) is 6.54 Å². The van der Waals surface area contributed by atoms with Crippen LogP contribution in [0, 0.1) is 0 Å². The van der Waals surface area contributed by atoms with Crippen molar-refractivity contribution in [2.75, 3.05) is 26.0 Å². The zero-order valence-corrected chi connectivity index (χ0v) is 15.6. The highest BCUT2D eigenvalue weighted by atomic mass is 32.2. The van der Waals surface area contributed by atoms with Gasteiger partial charge < -0.3 is 15.4 Å². The average Bonchev–Trinajstić information content (AvgIpc) is 2.67. The molecule has 0 bridgehead atoms. The number of guanidine groups is 1. The Morgan fingerprint density at radius 3 is 2.56 bits per heavy atom. The predicted octanol–water partition coefficient (Wildman–Crippen LogP) is 3.48. The van der Waals surface area contributed by atoms with E-state index in [1.54, 1.807) is 24.9 Å². The summed E-state index contributed by atoms with van der Waals surface area (Å²) in [6, 6.07) is 13.2. The van der Waals surface area contributed by atoms with Gasteiger partial charge in [0.15, 0.2) is 12.6 Å². The Morgan fingerprint density at radius 1 is 1.15 bits per heavy atom. The van der Waals surface area contributed by atoms with Gasteiger partial charge in [-0.2, -0.15) is 13.2 Å². The molecular formula is C18H21F3N4OS. The van der Waals surface area contributed by atoms with E-state index in [1.165, 1.54) is 17.2 Å². The van der Waals surface area contributed by atoms with Crippen molar-refractivity contribution in [3.05, 3.63) is 54.2 Å². The Balaban J connectivity index is 1.69. The van der Waals surface area contributed by atoms with Gasteiger partial charge >= 0.3 is 6.18 Å². The van der Waals surface area contributed by atoms with Crippen molar-refractivity contribution in [1.29, 1.82) is 0 Å². The number of thioether (sulfide) groups is 1. The van der Waals surface area contributed by atoms with Gasteiger partial charge in [-0.3, -0.25) is 4.99 Å². The predicted molar refractivity (Wildman–Crippen MR) is 101 cm³/mol. The molecular weight excluding hydrogens is 377 g/mol. The maximum absolute atomic E-state index is 12.1. The van der Waals surface area contributed by atoms with Crippen LogP contribution in [0.5, 0.6) is 5.88 Å². The molecule has 1 heterocycles. The second-order valence-electron chi connectivity index (χ2n) is 5.42. The molecule has 1 aromatic carbocycles. The smallest absolute Gasteiger partial charge is 0.422 e. The standard InChI is InChI=1S/C18H21F3N4OS/c1-22-17(23-9-10-27-15-5-3-2-4-6-15)25-12-14-7-8-16(24-11-14)26-13-18(19,20)21/h2-8,11H,9-10,12-13H2,1H3,(H2,22,23,25). The highest BCUT2D eigenvalue weighted by Gasteiger charge is 2.28. The van der Waals surface area contributed by atoms with E-state index < -0.39 is 12.8 Å². The van der Waals surface area contributed by atoms with Gasteiger partial charge in [-0.25, -0.2) is 4.98 Å². The molecule has 0 saturated heterocycles. The number of rotatable bonds is 8. The number of alkyl halides is 3. The van der Waals surface area contributed by atoms with Crippen LogP contribution in [0.15, 0.2) is 58.5 Å². The fourth-order valence-corrected chi connectivity index (χ4v) is 2.81. The molecule has 2 aromatic rings. The maximum Gasteiger partial charge on any atom is 0.422 e. The minimum absolute atomic E-state index is 0.0588. The second kappa shape index (κ2) is 10.7. The van der Waals surface area contributed by atoms with Crippen molar-refractivity contribution >= 4 is 17.7 Å². The first-order valence-electron chi connectivity index (χ1n) is 8.23. The number of pyridine rings is 1. The molecule has 27 heavy (non-hydrogen) atoms. The van der Waals surface area contributed by atoms with Gasteiger partial charge in [0.25, 0.3) is 0 Å². The average molecular weight is 398 g/mol. The van der Waals surface area contributed by atoms with E-state index in [0.29, 0.717) is 12.5 Å². The number of nitrogens with one attached hydrogen (secondary N) is 2. The van der Waals surface area contributed by atoms with Gasteiger partial charge in [0, 0.05) is 43.0 Å². The number of aliphatic imine (C=N–C) groups is 1. The zero-order chi connectivity index (χ0) is 19.5. The lowest BCUT2D eigenvalue weighted by Gasteiger charge is -2.12. The lowest BCUT2D eigenvalue weighted by atomic mass is 10.3. The molecule has 0 saturated carbocycles. The van der Waals surface area contributed by atoms with Gasteiger partial charge in [0.2, 0.25) is 5.88 Å². The number of aromatic nitrogens is 1. The van der Waals surface area contributed by atoms with Crippen LogP contribution in [0.4, 0.5) is 13.2 Å². The molecule has 9 heteroatoms. The van der Waals surface area contributed by atoms with E-state index >= 15 is 0 Å². The van der Waals surface area contributed by atoms with Gasteiger partial charge in [0.05, 0.1) is 0 Å². The molecule has 0 aliphatic rings. The molecule has 0 unspecified atom stereocenters. The highest BCUT2D eigenvalue weighted by molar-refractivity contribution is 7.99. The molecule has 0 aliphatic carbocycles. The highest BCUT2D eigenvalue weighted by Crippen LogP contribution is 2.17. The number of ether oxygens (including phenoxy) is 1. The summed E-state index contributed by atoms with van der Waals surface area (Å²) in [5.74, 6) is 1.47. The van der Waals surface area contributed by atoms with Gasteiger partial charge in [0.1, 0.15) is 0 Å². The third-order valence-corrected chi connectivity index (χ3v) is 4.29. The summed E-state index contributed by atoms with van der Waals surface area (Å²) >= 11 is 1.75. The molecule has 5 nitrogen and oxygen atoms in total. The van der Waals surface area contributed by atoms with Crippen LogP contribution < -0.4 is 15.4 Å². The van der Waals surface area contributed by atoms with E-state index in [0.717, 1.165) is 17.9 Å². The first-order chi connectivity index (χ1) is 13.0. The second-order valence-corrected chi connectivity index (χ2v) is 6.59. The third kappa shape index (κ3) is 8.67. The number of hydrogen-bond acceptors (Lipinski definition) is 4. The zero-order valence-electron chi connectivity index (χ0n) is 14.8. The fraction of sp³-hybridized carbons (Fsp3) is 0.333. The Labute approximate surface area is 160 Å². The first-order valence-corrected chi connectivity index (χ1v) is 9.22. The molecule has 0 spiro atoms. The quantitative estimate of drug-likeness (QED) is 0.309. The lowest BCUT2D eigenvalue weighted by molar-refractivity contribution is -0.154. The summed E-state index contributed by atoms with van der Waals surface area (Å²) in [6.07, 6.45) is -2.91. The number of benzene rings is 1. The largest absolute Gasteiger partial charge is 0.468 e. The Bertz CT molecular complexity index is 709. The van der Waals surface area contributed by atoms with Crippen LogP contribution in [0.1, 0.15) is 5.56 Å². The minimum Gasteiger partial charge on any atom is -0.468 e. The Kier molecular flexibility index (Phi) is 8.25. The Hall–Kier alpha value is -2.42. The number of hydrogen-bond donors (Lipinski definition) is 2. The van der Waals surface area contributed by atoms with E-state index in [9.17, 15) is 13.2 Å². The van der Waals surface area contributed by atoms with Crippen molar-refractivity contribution < 1.29 is 17.9 Å². The van der Waals surface area contributed by atoms with E-state index in [1.807, 2.05) is 18.2 Å². The third-order valence-electron chi connectivity index (χ3n) is 3.27. The summed E-state index contributed by atoms with van der Waals surface area (Å²) in [4.78, 5) is 9.21. The van der Waals surface area contributed by atoms with E-state index in [2.05, 4.69) is 37.5 Å². The molecule has 0 amide bonds. The minimum atomic E-state index is -4.38. The van der Waals surface area contributed by atoms with E-state index in [-0.39, 0.29) is 5.88 Å². The number of halogens is 3. The van der Waals surface area contributed by atoms with Crippen molar-refractivity contribution in [3.8, 4) is 5.88 Å². The van der Waals surface area contributed by atoms with Crippen LogP contribution >= 0.6 is 11.8 Å². The first kappa shape index (κ1) is 20.9. The summed E-state index contributed by atoms with van der Waals surface area (Å²) in [7, 11) is 1.67. The maximum atomic E-state index is 12.1. The summed E-state index contributed by atoms with van der Waals surface area (Å²) in [6.45, 7) is -0.172. The van der Waals surface area contributed by atoms with Crippen molar-refractivity contribution in [1.82, 2.24) is 15.6 Å². The van der Waals surface area contributed by atoms with Gasteiger partial charge in [-0.05, 0) is 17.7 Å². The van der Waals surface area contributed by atoms with Crippen LogP contribution in [0.2, 0.25) is 0 Å². The van der Waals surface area contributed by atoms with Gasteiger partial charge in [-0.1, -0.05) is 24.3 Å². The monoisotopic (exact) mass is 398 g/mol. The molecule has 0 radical (unpaired) electrons. The molecule has 146 valence electrons. The summed E-state index contributed by atoms with van der Waals surface area (Å²) in [5, 5.41) is 6.34. The van der Waals surface area contributed by atoms with Crippen molar-refractivity contribution in [2.45, 2.75) is 17.6 Å². The topological polar surface area (TPSA) is 58.5 Å². The van der Waals surface area contributed by atoms with Crippen molar-refractivity contribution in [3.63, 3.8) is 0 Å². The van der Waals surface area contributed by atoms with E-state index in [4.69, 9.17) is 0 Å². The number of nitrogens with zero attached hydrogens (tertiary/aromatic N) is 2. The normalized spacial score (nSPS) is 11.9. The molecule has 2 rings (SSSR count). The molecule has 0 fully saturated rings. The molecule has 0 aliphatic heterocycles. The lowest BCUT2D eigenvalue weighted by Crippen LogP contribution is -2.37. The summed E-state index contributed by atoms with van der Waals surface area (Å²) in [5.41, 5.74) is 0.802. The van der Waals surface area contributed by atoms with Crippen LogP contribution in [0.3, 0.4) is 0 Å². The summed E-state index contributed by atoms with van der Waals surface area (Å²) < 4.78 is 40.9. The van der Waals surface area contributed by atoms with Gasteiger partial charge in [-0.15, -0.1) is 11.8 Å². The SMILES string of the molecule is CN=C(NCCSc1ccccc1)NCc1ccc(OCC(F)(F)F)nc1. The molecule has 1 aromatic heterocycles.